The third kappa shape index (κ3) is 4.73. The average Bonchev–Trinajstić information content (AvgIpc) is 3.15. The van der Waals surface area contributed by atoms with Crippen molar-refractivity contribution in [1.29, 1.82) is 0 Å². The van der Waals surface area contributed by atoms with Crippen molar-refractivity contribution in [2.75, 3.05) is 52.3 Å². The predicted molar refractivity (Wildman–Crippen MR) is 101 cm³/mol. The van der Waals surface area contributed by atoms with E-state index < -0.39 is 17.5 Å². The van der Waals surface area contributed by atoms with Gasteiger partial charge in [0.25, 0.3) is 0 Å². The van der Waals surface area contributed by atoms with Gasteiger partial charge in [-0.2, -0.15) is 13.2 Å². The van der Waals surface area contributed by atoms with Crippen LogP contribution in [0.15, 0.2) is 30.5 Å². The van der Waals surface area contributed by atoms with Crippen LogP contribution in [0.25, 0.3) is 5.57 Å². The zero-order chi connectivity index (χ0) is 21.2. The summed E-state index contributed by atoms with van der Waals surface area (Å²) in [5.74, 6) is -0.402. The number of hydrogen-bond acceptors (Lipinski definition) is 7. The first-order valence-corrected chi connectivity index (χ1v) is 8.99. The number of halogens is 3. The zero-order valence-electron chi connectivity index (χ0n) is 16.4. The number of nitrogens with zero attached hydrogens (tertiary/aromatic N) is 7. The number of carbonyl (C=O) groups is 1. The van der Waals surface area contributed by atoms with Crippen LogP contribution in [-0.2, 0) is 6.18 Å². The van der Waals surface area contributed by atoms with Crippen LogP contribution >= 0.6 is 0 Å². The number of likely N-dealkylation sites (N-methyl/N-ethyl adjacent to an activating group) is 1. The van der Waals surface area contributed by atoms with Crippen LogP contribution in [-0.4, -0.2) is 83.2 Å². The summed E-state index contributed by atoms with van der Waals surface area (Å²) in [6.07, 6.45) is -3.02. The number of Topliss-reactive ketones (excluding diaryl/α,β-unsaturated/α-hetero) is 1. The smallest absolute Gasteiger partial charge is 0.383 e. The van der Waals surface area contributed by atoms with Gasteiger partial charge in [0.2, 0.25) is 5.82 Å². The van der Waals surface area contributed by atoms with E-state index in [4.69, 9.17) is 0 Å². The van der Waals surface area contributed by atoms with Gasteiger partial charge in [0.15, 0.2) is 5.78 Å². The number of ketones is 1. The van der Waals surface area contributed by atoms with Crippen molar-refractivity contribution in [1.82, 2.24) is 30.1 Å². The number of carbonyl (C=O) groups excluding carboxylic acids is 1. The van der Waals surface area contributed by atoms with Crippen LogP contribution in [0.5, 0.6) is 0 Å². The first-order valence-electron chi connectivity index (χ1n) is 8.99. The second-order valence-electron chi connectivity index (χ2n) is 7.06. The molecule has 3 rings (SSSR count). The van der Waals surface area contributed by atoms with Crippen LogP contribution < -0.4 is 5.01 Å². The molecule has 0 bridgehead atoms. The fourth-order valence-electron chi connectivity index (χ4n) is 2.99. The first-order chi connectivity index (χ1) is 13.7. The molecule has 1 aliphatic rings. The zero-order valence-corrected chi connectivity index (χ0v) is 16.4. The number of rotatable bonds is 5. The standard InChI is InChI=1S/C18H22F3N7O/c1-25(2)12-15(16(29)13-5-4-6-14(11-13)18(19,20)21)17-22-23-24-28(17)27-9-7-26(3)8-10-27/h4-6,11-12H,7-10H2,1-3H3. The molecule has 29 heavy (non-hydrogen) atoms. The highest BCUT2D eigenvalue weighted by Gasteiger charge is 2.32. The van der Waals surface area contributed by atoms with Crippen molar-refractivity contribution in [2.45, 2.75) is 6.18 Å². The third-order valence-corrected chi connectivity index (χ3v) is 4.53. The maximum Gasteiger partial charge on any atom is 0.416 e. The lowest BCUT2D eigenvalue weighted by molar-refractivity contribution is -0.137. The number of aromatic nitrogens is 4. The van der Waals surface area contributed by atoms with Crippen LogP contribution in [0.3, 0.4) is 0 Å². The Morgan fingerprint density at radius 1 is 1.17 bits per heavy atom. The minimum Gasteiger partial charge on any atom is -0.383 e. The van der Waals surface area contributed by atoms with Crippen molar-refractivity contribution in [2.24, 2.45) is 0 Å². The Labute approximate surface area is 166 Å². The predicted octanol–water partition coefficient (Wildman–Crippen LogP) is 1.36. The molecule has 0 amide bonds. The third-order valence-electron chi connectivity index (χ3n) is 4.53. The number of benzene rings is 1. The topological polar surface area (TPSA) is 70.4 Å². The molecule has 1 aromatic carbocycles. The molecular formula is C18H22F3N7O. The Kier molecular flexibility index (Phi) is 5.87. The fourth-order valence-corrected chi connectivity index (χ4v) is 2.99. The second kappa shape index (κ2) is 8.19. The summed E-state index contributed by atoms with van der Waals surface area (Å²) >= 11 is 0. The van der Waals surface area contributed by atoms with Gasteiger partial charge in [-0.25, -0.2) is 0 Å². The number of alkyl halides is 3. The molecule has 0 unspecified atom stereocenters. The van der Waals surface area contributed by atoms with E-state index >= 15 is 0 Å². The van der Waals surface area contributed by atoms with Gasteiger partial charge < -0.3 is 9.80 Å². The van der Waals surface area contributed by atoms with Gasteiger partial charge in [-0.15, -0.1) is 9.89 Å². The molecule has 8 nitrogen and oxygen atoms in total. The molecule has 2 aromatic rings. The van der Waals surface area contributed by atoms with Crippen molar-refractivity contribution in [3.8, 4) is 0 Å². The summed E-state index contributed by atoms with van der Waals surface area (Å²) in [5, 5.41) is 13.6. The van der Waals surface area contributed by atoms with E-state index in [0.717, 1.165) is 25.2 Å². The van der Waals surface area contributed by atoms with E-state index in [1.54, 1.807) is 19.0 Å². The minimum atomic E-state index is -4.54. The monoisotopic (exact) mass is 409 g/mol. The van der Waals surface area contributed by atoms with Gasteiger partial charge in [0.1, 0.15) is 0 Å². The van der Waals surface area contributed by atoms with E-state index in [1.807, 2.05) is 12.1 Å². The molecule has 2 heterocycles. The summed E-state index contributed by atoms with van der Waals surface area (Å²) in [6, 6.07) is 4.34. The highest BCUT2D eigenvalue weighted by atomic mass is 19.4. The Morgan fingerprint density at radius 3 is 2.48 bits per heavy atom. The maximum absolute atomic E-state index is 13.1. The molecule has 0 atom stereocenters. The molecule has 1 fully saturated rings. The summed E-state index contributed by atoms with van der Waals surface area (Å²) in [6.45, 7) is 2.91. The Bertz CT molecular complexity index is 899. The van der Waals surface area contributed by atoms with Gasteiger partial charge in [0, 0.05) is 52.0 Å². The highest BCUT2D eigenvalue weighted by Crippen LogP contribution is 2.30. The molecule has 1 aliphatic heterocycles. The summed E-state index contributed by atoms with van der Waals surface area (Å²) in [7, 11) is 5.43. The summed E-state index contributed by atoms with van der Waals surface area (Å²) in [4.78, 5) is 18.4. The lowest BCUT2D eigenvalue weighted by Gasteiger charge is -2.33. The van der Waals surface area contributed by atoms with Gasteiger partial charge in [-0.05, 0) is 29.6 Å². The Hall–Kier alpha value is -2.95. The largest absolute Gasteiger partial charge is 0.416 e. The van der Waals surface area contributed by atoms with Gasteiger partial charge in [-0.3, -0.25) is 9.80 Å². The molecule has 0 saturated carbocycles. The summed E-state index contributed by atoms with van der Waals surface area (Å²) in [5.41, 5.74) is -0.856. The quantitative estimate of drug-likeness (QED) is 0.546. The van der Waals surface area contributed by atoms with Crippen LogP contribution in [0.4, 0.5) is 13.2 Å². The lowest BCUT2D eigenvalue weighted by Crippen LogP contribution is -2.50. The van der Waals surface area contributed by atoms with Crippen molar-refractivity contribution in [3.05, 3.63) is 47.4 Å². The van der Waals surface area contributed by atoms with Crippen molar-refractivity contribution < 1.29 is 18.0 Å². The molecule has 0 spiro atoms. The fraction of sp³-hybridized carbons (Fsp3) is 0.444. The Balaban J connectivity index is 1.99. The van der Waals surface area contributed by atoms with Gasteiger partial charge in [-0.1, -0.05) is 12.1 Å². The molecule has 1 saturated heterocycles. The molecule has 0 radical (unpaired) electrons. The molecular weight excluding hydrogens is 387 g/mol. The van der Waals surface area contributed by atoms with E-state index in [2.05, 4.69) is 20.4 Å². The second-order valence-corrected chi connectivity index (χ2v) is 7.06. The van der Waals surface area contributed by atoms with E-state index in [0.29, 0.717) is 13.1 Å². The van der Waals surface area contributed by atoms with Gasteiger partial charge in [0.05, 0.1) is 11.1 Å². The number of piperazine rings is 1. The number of hydrogen-bond donors (Lipinski definition) is 0. The minimum absolute atomic E-state index is 0.0825. The lowest BCUT2D eigenvalue weighted by atomic mass is 10.0. The SMILES string of the molecule is CN(C)C=C(C(=O)c1cccc(C(F)(F)F)c1)c1nnnn1N1CCN(C)CC1. The molecule has 156 valence electrons. The van der Waals surface area contributed by atoms with E-state index in [-0.39, 0.29) is 17.0 Å². The maximum atomic E-state index is 13.1. The number of allylic oxidation sites excluding steroid dienone is 1. The number of tetrazole rings is 1. The average molecular weight is 409 g/mol. The van der Waals surface area contributed by atoms with Gasteiger partial charge >= 0.3 is 6.18 Å². The van der Waals surface area contributed by atoms with Crippen molar-refractivity contribution >= 4 is 11.4 Å². The summed E-state index contributed by atoms with van der Waals surface area (Å²) < 4.78 is 39.2. The molecule has 0 aliphatic carbocycles. The van der Waals surface area contributed by atoms with Crippen LogP contribution in [0.2, 0.25) is 0 Å². The van der Waals surface area contributed by atoms with E-state index in [1.165, 1.54) is 23.1 Å². The molecule has 0 N–H and O–H groups in total. The van der Waals surface area contributed by atoms with Crippen LogP contribution in [0.1, 0.15) is 21.7 Å². The molecule has 11 heteroatoms. The normalized spacial score (nSPS) is 16.2. The van der Waals surface area contributed by atoms with E-state index in [9.17, 15) is 18.0 Å². The van der Waals surface area contributed by atoms with Crippen molar-refractivity contribution in [3.63, 3.8) is 0 Å². The van der Waals surface area contributed by atoms with Crippen LogP contribution in [0, 0.1) is 0 Å². The Morgan fingerprint density at radius 2 is 1.86 bits per heavy atom. The highest BCUT2D eigenvalue weighted by molar-refractivity contribution is 6.28. The molecule has 1 aromatic heterocycles. The first kappa shape index (κ1) is 20.8.